The number of amides is 3. The fourth-order valence-electron chi connectivity index (χ4n) is 1.60. The first-order valence-electron chi connectivity index (χ1n) is 8.71. The second-order valence-corrected chi connectivity index (χ2v) is 9.02. The summed E-state index contributed by atoms with van der Waals surface area (Å²) in [6.07, 6.45) is 7.74. The van der Waals surface area contributed by atoms with Crippen molar-refractivity contribution in [3.8, 4) is 12.3 Å². The van der Waals surface area contributed by atoms with E-state index in [4.69, 9.17) is 51.7 Å². The minimum atomic E-state index is -1.36. The zero-order valence-electron chi connectivity index (χ0n) is 16.8. The predicted octanol–water partition coefficient (Wildman–Crippen LogP) is 3.97. The number of imide groups is 1. The number of halogens is 3. The predicted molar refractivity (Wildman–Crippen MR) is 114 cm³/mol. The molecule has 0 aromatic carbocycles. The van der Waals surface area contributed by atoms with Gasteiger partial charge in [-0.3, -0.25) is 19.3 Å². The number of alkyl halides is 3. The van der Waals surface area contributed by atoms with Crippen LogP contribution in [0, 0.1) is 18.3 Å². The van der Waals surface area contributed by atoms with Gasteiger partial charge in [-0.15, -0.1) is 12.3 Å². The van der Waals surface area contributed by atoms with Crippen LogP contribution in [0.5, 0.6) is 0 Å². The van der Waals surface area contributed by atoms with E-state index in [9.17, 15) is 14.4 Å². The summed E-state index contributed by atoms with van der Waals surface area (Å²) in [5.74, 6) is 2.63. The van der Waals surface area contributed by atoms with Gasteiger partial charge in [0.2, 0.25) is 11.8 Å². The SMILES string of the molecule is C#CCCC(N)=O.CC(C)C.COC1=CC(=O)N(C(=O)CCCC(Cl)(Cl)Cl)C1. The second-order valence-electron chi connectivity index (χ2n) is 6.50. The van der Waals surface area contributed by atoms with Gasteiger partial charge in [0.1, 0.15) is 5.76 Å². The lowest BCUT2D eigenvalue weighted by Crippen LogP contribution is -2.33. The van der Waals surface area contributed by atoms with Crippen LogP contribution >= 0.6 is 34.8 Å². The summed E-state index contributed by atoms with van der Waals surface area (Å²) >= 11 is 16.7. The van der Waals surface area contributed by atoms with E-state index in [-0.39, 0.29) is 37.1 Å². The number of rotatable bonds is 6. The van der Waals surface area contributed by atoms with Crippen LogP contribution in [0.1, 0.15) is 52.9 Å². The molecule has 0 aromatic rings. The van der Waals surface area contributed by atoms with Crippen LogP contribution < -0.4 is 5.73 Å². The molecule has 0 spiro atoms. The topological polar surface area (TPSA) is 89.7 Å². The average Bonchev–Trinajstić information content (AvgIpc) is 2.93. The number of carbonyl (C=O) groups is 3. The Balaban J connectivity index is 0. The van der Waals surface area contributed by atoms with Gasteiger partial charge < -0.3 is 10.5 Å². The lowest BCUT2D eigenvalue weighted by molar-refractivity contribution is -0.140. The summed E-state index contributed by atoms with van der Waals surface area (Å²) in [5.41, 5.74) is 4.74. The molecule has 0 bridgehead atoms. The third-order valence-corrected chi connectivity index (χ3v) is 3.36. The van der Waals surface area contributed by atoms with E-state index in [1.54, 1.807) is 0 Å². The number of carbonyl (C=O) groups excluding carboxylic acids is 3. The molecule has 3 amide bonds. The fourth-order valence-corrected chi connectivity index (χ4v) is 2.00. The van der Waals surface area contributed by atoms with Crippen LogP contribution in [0.4, 0.5) is 0 Å². The molecule has 9 heteroatoms. The van der Waals surface area contributed by atoms with Crippen LogP contribution in [0.15, 0.2) is 11.8 Å². The van der Waals surface area contributed by atoms with E-state index < -0.39 is 3.79 Å². The summed E-state index contributed by atoms with van der Waals surface area (Å²) < 4.78 is 3.55. The molecule has 0 fully saturated rings. The maximum absolute atomic E-state index is 11.7. The first-order chi connectivity index (χ1) is 12.8. The Kier molecular flexibility index (Phi) is 15.9. The lowest BCUT2D eigenvalue weighted by atomic mass is 10.2. The van der Waals surface area contributed by atoms with Crippen molar-refractivity contribution >= 4 is 52.5 Å². The molecule has 0 saturated heterocycles. The molecule has 1 rings (SSSR count). The maximum atomic E-state index is 11.7. The van der Waals surface area contributed by atoms with Crippen molar-refractivity contribution in [1.82, 2.24) is 4.90 Å². The van der Waals surface area contributed by atoms with Gasteiger partial charge in [0.25, 0.3) is 5.91 Å². The summed E-state index contributed by atoms with van der Waals surface area (Å²) in [4.78, 5) is 34.1. The number of primary amides is 1. The highest BCUT2D eigenvalue weighted by molar-refractivity contribution is 6.67. The van der Waals surface area contributed by atoms with Crippen LogP contribution in [-0.4, -0.2) is 40.1 Å². The van der Waals surface area contributed by atoms with E-state index in [2.05, 4.69) is 26.7 Å². The number of nitrogens with two attached hydrogens (primary N) is 1. The van der Waals surface area contributed by atoms with E-state index in [0.717, 1.165) is 10.8 Å². The summed E-state index contributed by atoms with van der Waals surface area (Å²) in [7, 11) is 1.45. The molecule has 1 aliphatic heterocycles. The van der Waals surface area contributed by atoms with Gasteiger partial charge in [0.05, 0.1) is 13.7 Å². The quantitative estimate of drug-likeness (QED) is 0.484. The Morgan fingerprint density at radius 2 is 1.86 bits per heavy atom. The Labute approximate surface area is 182 Å². The Morgan fingerprint density at radius 1 is 1.32 bits per heavy atom. The van der Waals surface area contributed by atoms with Crippen molar-refractivity contribution in [2.75, 3.05) is 13.7 Å². The van der Waals surface area contributed by atoms with Crippen molar-refractivity contribution < 1.29 is 19.1 Å². The number of hydrogen-bond acceptors (Lipinski definition) is 4. The van der Waals surface area contributed by atoms with E-state index >= 15 is 0 Å². The average molecular weight is 456 g/mol. The highest BCUT2D eigenvalue weighted by Crippen LogP contribution is 2.32. The normalized spacial score (nSPS) is 12.9. The molecule has 28 heavy (non-hydrogen) atoms. The molecule has 2 N–H and O–H groups in total. The van der Waals surface area contributed by atoms with Crippen LogP contribution in [0.2, 0.25) is 0 Å². The molecule has 1 heterocycles. The van der Waals surface area contributed by atoms with Gasteiger partial charge in [0.15, 0.2) is 3.79 Å². The molecule has 0 saturated carbocycles. The van der Waals surface area contributed by atoms with E-state index in [1.807, 2.05) is 0 Å². The van der Waals surface area contributed by atoms with Crippen molar-refractivity contribution in [2.24, 2.45) is 11.7 Å². The van der Waals surface area contributed by atoms with Gasteiger partial charge in [-0.25, -0.2) is 0 Å². The molecular formula is C19H29Cl3N2O4. The van der Waals surface area contributed by atoms with Gasteiger partial charge in [0, 0.05) is 25.3 Å². The van der Waals surface area contributed by atoms with Crippen LogP contribution in [0.25, 0.3) is 0 Å². The van der Waals surface area contributed by atoms with Crippen LogP contribution in [-0.2, 0) is 19.1 Å². The third-order valence-electron chi connectivity index (χ3n) is 2.79. The molecule has 0 atom stereocenters. The highest BCUT2D eigenvalue weighted by atomic mass is 35.6. The number of methoxy groups -OCH3 is 1. The van der Waals surface area contributed by atoms with Crippen molar-refractivity contribution in [3.05, 3.63) is 11.8 Å². The van der Waals surface area contributed by atoms with E-state index in [0.29, 0.717) is 25.0 Å². The molecular weight excluding hydrogens is 427 g/mol. The largest absolute Gasteiger partial charge is 0.499 e. The number of nitrogens with zero attached hydrogens (tertiary/aromatic N) is 1. The van der Waals surface area contributed by atoms with Crippen molar-refractivity contribution in [1.29, 1.82) is 0 Å². The first-order valence-corrected chi connectivity index (χ1v) is 9.84. The van der Waals surface area contributed by atoms with Crippen LogP contribution in [0.3, 0.4) is 0 Å². The fraction of sp³-hybridized carbons (Fsp3) is 0.632. The molecule has 1 aliphatic rings. The van der Waals surface area contributed by atoms with Crippen molar-refractivity contribution in [3.63, 3.8) is 0 Å². The first kappa shape index (κ1) is 28.8. The zero-order chi connectivity index (χ0) is 22.3. The van der Waals surface area contributed by atoms with Gasteiger partial charge in [-0.2, -0.15) is 0 Å². The number of terminal acetylenes is 1. The Bertz CT molecular complexity index is 576. The number of ether oxygens (including phenoxy) is 1. The summed E-state index contributed by atoms with van der Waals surface area (Å²) in [6, 6.07) is 0. The Hall–Kier alpha value is -1.42. The summed E-state index contributed by atoms with van der Waals surface area (Å²) in [5, 5.41) is 0. The summed E-state index contributed by atoms with van der Waals surface area (Å²) in [6.45, 7) is 6.68. The van der Waals surface area contributed by atoms with Gasteiger partial charge in [-0.1, -0.05) is 55.6 Å². The minimum absolute atomic E-state index is 0.171. The smallest absolute Gasteiger partial charge is 0.257 e. The molecule has 0 unspecified atom stereocenters. The molecule has 160 valence electrons. The third kappa shape index (κ3) is 18.0. The molecule has 0 aromatic heterocycles. The highest BCUT2D eigenvalue weighted by Gasteiger charge is 2.28. The second kappa shape index (κ2) is 15.5. The standard InChI is InChI=1S/C10H12Cl3NO3.C5H7NO.C4H10/c1-17-7-5-9(16)14(6-7)8(15)3-2-4-10(11,12)13;1-2-3-4-5(6)7;1-4(2)3/h5H,2-4,6H2,1H3;1H,3-4H2,(H2,6,7);4H,1-3H3. The zero-order valence-corrected chi connectivity index (χ0v) is 19.0. The van der Waals surface area contributed by atoms with Gasteiger partial charge >= 0.3 is 0 Å². The van der Waals surface area contributed by atoms with E-state index in [1.165, 1.54) is 13.2 Å². The monoisotopic (exact) mass is 454 g/mol. The lowest BCUT2D eigenvalue weighted by Gasteiger charge is -2.15. The Morgan fingerprint density at radius 3 is 2.18 bits per heavy atom. The van der Waals surface area contributed by atoms with Crippen molar-refractivity contribution in [2.45, 2.75) is 56.7 Å². The molecule has 6 nitrogen and oxygen atoms in total. The minimum Gasteiger partial charge on any atom is -0.499 e. The maximum Gasteiger partial charge on any atom is 0.257 e. The molecule has 0 aliphatic carbocycles. The number of hydrogen-bond donors (Lipinski definition) is 1. The molecule has 0 radical (unpaired) electrons. The van der Waals surface area contributed by atoms with Gasteiger partial charge in [-0.05, 0) is 18.8 Å².